The van der Waals surface area contributed by atoms with E-state index in [1.807, 2.05) is 97.1 Å². The summed E-state index contributed by atoms with van der Waals surface area (Å²) < 4.78 is 10.6. The number of rotatable bonds is 5. The van der Waals surface area contributed by atoms with Crippen molar-refractivity contribution in [1.29, 1.82) is 0 Å². The van der Waals surface area contributed by atoms with Crippen molar-refractivity contribution in [1.82, 2.24) is 0 Å². The zero-order chi connectivity index (χ0) is 24.2. The second-order valence-electron chi connectivity index (χ2n) is 8.10. The SMILES string of the molecule is COC(=O)c1ccc2ccccc2c1-c1c(NC(=O)OCc2ccccc2)ccc2ccccc12. The average molecular weight is 462 g/mol. The molecule has 0 saturated carbocycles. The highest BCUT2D eigenvalue weighted by molar-refractivity contribution is 6.16. The van der Waals surface area contributed by atoms with Crippen LogP contribution >= 0.6 is 0 Å². The predicted octanol–water partition coefficient (Wildman–Crippen LogP) is 7.20. The van der Waals surface area contributed by atoms with Crippen molar-refractivity contribution in [2.75, 3.05) is 12.4 Å². The quantitative estimate of drug-likeness (QED) is 0.281. The van der Waals surface area contributed by atoms with Crippen molar-refractivity contribution >= 4 is 39.3 Å². The molecule has 35 heavy (non-hydrogen) atoms. The van der Waals surface area contributed by atoms with E-state index in [0.29, 0.717) is 16.8 Å². The van der Waals surface area contributed by atoms with Crippen LogP contribution in [0, 0.1) is 0 Å². The summed E-state index contributed by atoms with van der Waals surface area (Å²) in [6, 6.07) is 32.7. The van der Waals surface area contributed by atoms with Crippen molar-refractivity contribution in [3.05, 3.63) is 114 Å². The molecular formula is C30H23NO4. The molecule has 5 nitrogen and oxygen atoms in total. The summed E-state index contributed by atoms with van der Waals surface area (Å²) in [6.07, 6.45) is -0.578. The molecule has 0 aliphatic carbocycles. The molecule has 5 heteroatoms. The summed E-state index contributed by atoms with van der Waals surface area (Å²) in [6.45, 7) is 0.150. The maximum Gasteiger partial charge on any atom is 0.411 e. The predicted molar refractivity (Wildman–Crippen MR) is 138 cm³/mol. The zero-order valence-electron chi connectivity index (χ0n) is 19.2. The molecule has 0 saturated heterocycles. The van der Waals surface area contributed by atoms with Crippen LogP contribution in [0.5, 0.6) is 0 Å². The van der Waals surface area contributed by atoms with E-state index in [-0.39, 0.29) is 6.61 Å². The Hall–Kier alpha value is -4.64. The van der Waals surface area contributed by atoms with Crippen molar-refractivity contribution < 1.29 is 19.1 Å². The minimum absolute atomic E-state index is 0.150. The third kappa shape index (κ3) is 4.44. The van der Waals surface area contributed by atoms with Gasteiger partial charge in [-0.2, -0.15) is 0 Å². The highest BCUT2D eigenvalue weighted by atomic mass is 16.5. The number of nitrogens with one attached hydrogen (secondary N) is 1. The molecule has 0 radical (unpaired) electrons. The fraction of sp³-hybridized carbons (Fsp3) is 0.0667. The number of hydrogen-bond donors (Lipinski definition) is 1. The first-order valence-electron chi connectivity index (χ1n) is 11.3. The molecule has 0 aliphatic heterocycles. The van der Waals surface area contributed by atoms with E-state index in [0.717, 1.165) is 32.7 Å². The molecule has 1 amide bonds. The number of carbonyl (C=O) groups excluding carboxylic acids is 2. The van der Waals surface area contributed by atoms with Gasteiger partial charge in [0, 0.05) is 11.1 Å². The molecule has 0 atom stereocenters. The Kier molecular flexibility index (Phi) is 6.14. The Bertz CT molecular complexity index is 1540. The second-order valence-corrected chi connectivity index (χ2v) is 8.10. The summed E-state index contributed by atoms with van der Waals surface area (Å²) in [4.78, 5) is 25.7. The van der Waals surface area contributed by atoms with Crippen molar-refractivity contribution in [3.63, 3.8) is 0 Å². The molecule has 5 rings (SSSR count). The molecule has 0 aromatic heterocycles. The first kappa shape index (κ1) is 22.2. The minimum Gasteiger partial charge on any atom is -0.465 e. The van der Waals surface area contributed by atoms with Crippen molar-refractivity contribution in [2.45, 2.75) is 6.61 Å². The fourth-order valence-corrected chi connectivity index (χ4v) is 4.34. The van der Waals surface area contributed by atoms with Gasteiger partial charge in [-0.3, -0.25) is 5.32 Å². The van der Waals surface area contributed by atoms with Gasteiger partial charge in [-0.05, 0) is 39.2 Å². The largest absolute Gasteiger partial charge is 0.465 e. The summed E-state index contributed by atoms with van der Waals surface area (Å²) >= 11 is 0. The van der Waals surface area contributed by atoms with Gasteiger partial charge in [0.05, 0.1) is 18.4 Å². The van der Waals surface area contributed by atoms with Gasteiger partial charge in [0.15, 0.2) is 0 Å². The summed E-state index contributed by atoms with van der Waals surface area (Å²) in [5.74, 6) is -0.448. The Morgan fingerprint density at radius 3 is 1.97 bits per heavy atom. The van der Waals surface area contributed by atoms with Gasteiger partial charge in [-0.1, -0.05) is 91.0 Å². The molecule has 0 bridgehead atoms. The van der Waals surface area contributed by atoms with Gasteiger partial charge in [-0.15, -0.1) is 0 Å². The monoisotopic (exact) mass is 461 g/mol. The molecule has 5 aromatic carbocycles. The Morgan fingerprint density at radius 2 is 1.29 bits per heavy atom. The first-order valence-corrected chi connectivity index (χ1v) is 11.3. The third-order valence-electron chi connectivity index (χ3n) is 5.96. The Balaban J connectivity index is 1.66. The van der Waals surface area contributed by atoms with Crippen LogP contribution in [0.2, 0.25) is 0 Å². The molecule has 172 valence electrons. The number of fused-ring (bicyclic) bond motifs is 2. The van der Waals surface area contributed by atoms with E-state index >= 15 is 0 Å². The lowest BCUT2D eigenvalue weighted by Crippen LogP contribution is -2.15. The molecular weight excluding hydrogens is 438 g/mol. The number of ether oxygens (including phenoxy) is 2. The van der Waals surface area contributed by atoms with E-state index in [9.17, 15) is 9.59 Å². The number of methoxy groups -OCH3 is 1. The number of carbonyl (C=O) groups is 2. The Labute approximate surface area is 202 Å². The lowest BCUT2D eigenvalue weighted by Gasteiger charge is -2.19. The van der Waals surface area contributed by atoms with Crippen molar-refractivity contribution in [2.24, 2.45) is 0 Å². The number of esters is 1. The Morgan fingerprint density at radius 1 is 0.686 bits per heavy atom. The van der Waals surface area contributed by atoms with Crippen LogP contribution in [0.15, 0.2) is 103 Å². The van der Waals surface area contributed by atoms with Crippen LogP contribution in [0.25, 0.3) is 32.7 Å². The highest BCUT2D eigenvalue weighted by Gasteiger charge is 2.22. The summed E-state index contributed by atoms with van der Waals surface area (Å²) in [5, 5.41) is 6.64. The van der Waals surface area contributed by atoms with E-state index < -0.39 is 12.1 Å². The van der Waals surface area contributed by atoms with E-state index in [4.69, 9.17) is 9.47 Å². The van der Waals surface area contributed by atoms with Crippen LogP contribution in [0.3, 0.4) is 0 Å². The smallest absolute Gasteiger partial charge is 0.411 e. The van der Waals surface area contributed by atoms with Crippen LogP contribution in [0.1, 0.15) is 15.9 Å². The van der Waals surface area contributed by atoms with E-state index in [1.54, 1.807) is 6.07 Å². The van der Waals surface area contributed by atoms with Gasteiger partial charge in [0.2, 0.25) is 0 Å². The van der Waals surface area contributed by atoms with Gasteiger partial charge < -0.3 is 9.47 Å². The highest BCUT2D eigenvalue weighted by Crippen LogP contribution is 2.41. The minimum atomic E-state index is -0.578. The lowest BCUT2D eigenvalue weighted by atomic mass is 9.89. The van der Waals surface area contributed by atoms with Crippen molar-refractivity contribution in [3.8, 4) is 11.1 Å². The van der Waals surface area contributed by atoms with Gasteiger partial charge in [-0.25, -0.2) is 9.59 Å². The normalized spacial score (nSPS) is 10.8. The number of benzene rings is 5. The standard InChI is InChI=1S/C30H23NO4/c1-34-29(32)25-17-15-21-11-5-7-13-23(21)27(25)28-24-14-8-6-12-22(24)16-18-26(28)31-30(33)35-19-20-9-3-2-4-10-20/h2-18H,19H2,1H3,(H,31,33). The molecule has 0 fully saturated rings. The fourth-order valence-electron chi connectivity index (χ4n) is 4.34. The third-order valence-corrected chi connectivity index (χ3v) is 5.96. The van der Waals surface area contributed by atoms with Crippen LogP contribution in [-0.4, -0.2) is 19.2 Å². The second kappa shape index (κ2) is 9.69. The molecule has 5 aromatic rings. The van der Waals surface area contributed by atoms with Crippen LogP contribution in [0.4, 0.5) is 10.5 Å². The maximum absolute atomic E-state index is 12.8. The van der Waals surface area contributed by atoms with Gasteiger partial charge in [0.25, 0.3) is 0 Å². The molecule has 0 spiro atoms. The molecule has 0 heterocycles. The number of hydrogen-bond acceptors (Lipinski definition) is 4. The number of amides is 1. The summed E-state index contributed by atoms with van der Waals surface area (Å²) in [5.41, 5.74) is 3.29. The average Bonchev–Trinajstić information content (AvgIpc) is 2.91. The molecule has 0 aliphatic rings. The van der Waals surface area contributed by atoms with E-state index in [2.05, 4.69) is 5.32 Å². The lowest BCUT2D eigenvalue weighted by molar-refractivity contribution is 0.0601. The van der Waals surface area contributed by atoms with Crippen LogP contribution in [-0.2, 0) is 16.1 Å². The van der Waals surface area contributed by atoms with Gasteiger partial charge in [0.1, 0.15) is 6.61 Å². The molecule has 1 N–H and O–H groups in total. The topological polar surface area (TPSA) is 64.6 Å². The summed E-state index contributed by atoms with van der Waals surface area (Å²) in [7, 11) is 1.37. The first-order chi connectivity index (χ1) is 17.2. The maximum atomic E-state index is 12.8. The van der Waals surface area contributed by atoms with E-state index in [1.165, 1.54) is 7.11 Å². The van der Waals surface area contributed by atoms with Gasteiger partial charge >= 0.3 is 12.1 Å². The number of anilines is 1. The van der Waals surface area contributed by atoms with Crippen LogP contribution < -0.4 is 5.32 Å². The zero-order valence-corrected chi connectivity index (χ0v) is 19.2. The molecule has 0 unspecified atom stereocenters.